The van der Waals surface area contributed by atoms with Crippen LogP contribution in [0.5, 0.6) is 0 Å². The summed E-state index contributed by atoms with van der Waals surface area (Å²) in [6.07, 6.45) is 5.65. The molecule has 3 fully saturated rings. The van der Waals surface area contributed by atoms with E-state index in [1.54, 1.807) is 11.0 Å². The Balaban J connectivity index is 1.29. The number of carbonyl (C=O) groups excluding carboxylic acids is 3. The minimum atomic E-state index is -1.14. The summed E-state index contributed by atoms with van der Waals surface area (Å²) in [5.41, 5.74) is 2.18. The number of carbonyl (C=O) groups is 4. The molecule has 3 aliphatic heterocycles. The summed E-state index contributed by atoms with van der Waals surface area (Å²) in [7, 11) is 0. The number of imide groups is 1. The van der Waals surface area contributed by atoms with Gasteiger partial charge in [0.05, 0.1) is 5.92 Å². The van der Waals surface area contributed by atoms with E-state index in [-0.39, 0.29) is 19.0 Å². The molecule has 0 bridgehead atoms. The van der Waals surface area contributed by atoms with Gasteiger partial charge in [-0.3, -0.25) is 9.59 Å². The summed E-state index contributed by atoms with van der Waals surface area (Å²) in [6.45, 7) is 7.19. The number of urea groups is 1. The van der Waals surface area contributed by atoms with Gasteiger partial charge in [-0.1, -0.05) is 38.1 Å². The molecule has 4 amide bonds. The van der Waals surface area contributed by atoms with Crippen LogP contribution in [0, 0.1) is 11.8 Å². The highest BCUT2D eigenvalue weighted by Crippen LogP contribution is 2.35. The third kappa shape index (κ3) is 5.61. The molecule has 9 heteroatoms. The van der Waals surface area contributed by atoms with Gasteiger partial charge in [0.2, 0.25) is 11.8 Å². The van der Waals surface area contributed by atoms with Crippen molar-refractivity contribution >= 4 is 29.9 Å². The maximum absolute atomic E-state index is 13.0. The van der Waals surface area contributed by atoms with Crippen LogP contribution in [0.2, 0.25) is 0 Å². The molecule has 2 N–H and O–H groups in total. The third-order valence-corrected chi connectivity index (χ3v) is 7.60. The average Bonchev–Trinajstić information content (AvgIpc) is 2.89. The van der Waals surface area contributed by atoms with Crippen LogP contribution >= 0.6 is 0 Å². The van der Waals surface area contributed by atoms with Crippen LogP contribution < -0.4 is 5.32 Å². The van der Waals surface area contributed by atoms with Crippen LogP contribution in [0.4, 0.5) is 4.79 Å². The van der Waals surface area contributed by atoms with Crippen molar-refractivity contribution in [3.8, 4) is 0 Å². The lowest BCUT2D eigenvalue weighted by Crippen LogP contribution is -2.69. The summed E-state index contributed by atoms with van der Waals surface area (Å²) in [5, 5.41) is 13.0. The fraction of sp³-hybridized carbons (Fsp3) is 0.556. The Morgan fingerprint density at radius 2 is 1.64 bits per heavy atom. The van der Waals surface area contributed by atoms with Crippen molar-refractivity contribution in [2.45, 2.75) is 45.1 Å². The Hall–Kier alpha value is -3.20. The van der Waals surface area contributed by atoms with E-state index in [1.807, 2.05) is 12.1 Å². The number of rotatable bonds is 6. The summed E-state index contributed by atoms with van der Waals surface area (Å²) in [4.78, 5) is 54.5. The standard InChI is InChI=1S/C27H36N4O5/c1-18(2)21-6-3-19(4-7-21)5-8-23(32)29-13-15-30(16-14-29)27(36)31-24(26(34)35)22(25(31)33)17-20-9-11-28-12-10-20/h3-8,18,20,22,24,28H,9-17H2,1-2H3,(H,34,35)/b8-5+/t22-,24+/m1/s1. The number of carboxylic acid groups (broad SMARTS) is 1. The zero-order chi connectivity index (χ0) is 25.8. The van der Waals surface area contributed by atoms with E-state index in [9.17, 15) is 24.3 Å². The number of β-lactam (4-membered cyclic amide) rings is 1. The van der Waals surface area contributed by atoms with Crippen molar-refractivity contribution in [1.82, 2.24) is 20.0 Å². The van der Waals surface area contributed by atoms with Gasteiger partial charge in [0.15, 0.2) is 6.04 Å². The Morgan fingerprint density at radius 3 is 2.22 bits per heavy atom. The molecule has 0 unspecified atom stereocenters. The highest BCUT2D eigenvalue weighted by Gasteiger charge is 2.56. The smallest absolute Gasteiger partial charge is 0.327 e. The predicted molar refractivity (Wildman–Crippen MR) is 135 cm³/mol. The Labute approximate surface area is 212 Å². The van der Waals surface area contributed by atoms with Crippen molar-refractivity contribution in [3.63, 3.8) is 0 Å². The van der Waals surface area contributed by atoms with Crippen molar-refractivity contribution in [2.75, 3.05) is 39.3 Å². The normalized spacial score (nSPS) is 23.3. The first-order valence-corrected chi connectivity index (χ1v) is 12.9. The van der Waals surface area contributed by atoms with Crippen molar-refractivity contribution in [1.29, 1.82) is 0 Å². The van der Waals surface area contributed by atoms with Gasteiger partial charge in [0.25, 0.3) is 0 Å². The number of amides is 4. The minimum absolute atomic E-state index is 0.138. The number of carboxylic acids is 1. The van der Waals surface area contributed by atoms with Gasteiger partial charge >= 0.3 is 12.0 Å². The molecule has 2 atom stereocenters. The van der Waals surface area contributed by atoms with E-state index in [2.05, 4.69) is 31.3 Å². The maximum Gasteiger partial charge on any atom is 0.327 e. The first-order valence-electron chi connectivity index (χ1n) is 12.9. The van der Waals surface area contributed by atoms with Crippen molar-refractivity contribution < 1.29 is 24.3 Å². The molecule has 0 aliphatic carbocycles. The van der Waals surface area contributed by atoms with Crippen molar-refractivity contribution in [2.24, 2.45) is 11.8 Å². The number of nitrogens with zero attached hydrogens (tertiary/aromatic N) is 3. The molecule has 1 aromatic rings. The van der Waals surface area contributed by atoms with Gasteiger partial charge in [-0.2, -0.15) is 0 Å². The molecule has 3 aliphatic rings. The summed E-state index contributed by atoms with van der Waals surface area (Å²) < 4.78 is 0. The number of hydrogen-bond donors (Lipinski definition) is 2. The van der Waals surface area contributed by atoms with Crippen LogP contribution in [-0.2, 0) is 14.4 Å². The van der Waals surface area contributed by atoms with Crippen LogP contribution in [-0.4, -0.2) is 88.9 Å². The average molecular weight is 497 g/mol. The lowest BCUT2D eigenvalue weighted by atomic mass is 9.78. The molecule has 0 spiro atoms. The fourth-order valence-corrected chi connectivity index (χ4v) is 5.29. The fourth-order valence-electron chi connectivity index (χ4n) is 5.29. The number of benzene rings is 1. The molecule has 3 saturated heterocycles. The molecule has 4 rings (SSSR count). The number of hydrogen-bond acceptors (Lipinski definition) is 5. The second-order valence-electron chi connectivity index (χ2n) is 10.3. The molecule has 0 radical (unpaired) electrons. The molecule has 0 saturated carbocycles. The van der Waals surface area contributed by atoms with E-state index in [4.69, 9.17) is 0 Å². The number of likely N-dealkylation sites (tertiary alicyclic amines) is 1. The van der Waals surface area contributed by atoms with Gasteiger partial charge in [-0.25, -0.2) is 14.5 Å². The number of aliphatic carboxylic acids is 1. The Bertz CT molecular complexity index is 1010. The van der Waals surface area contributed by atoms with E-state index in [0.29, 0.717) is 31.3 Å². The van der Waals surface area contributed by atoms with Crippen LogP contribution in [0.1, 0.15) is 50.2 Å². The monoisotopic (exact) mass is 496 g/mol. The van der Waals surface area contributed by atoms with Gasteiger partial charge in [-0.05, 0) is 61.4 Å². The van der Waals surface area contributed by atoms with Gasteiger partial charge in [0.1, 0.15) is 0 Å². The highest BCUT2D eigenvalue weighted by atomic mass is 16.4. The lowest BCUT2D eigenvalue weighted by molar-refractivity contribution is -0.167. The number of nitrogens with one attached hydrogen (secondary N) is 1. The largest absolute Gasteiger partial charge is 0.480 e. The van der Waals surface area contributed by atoms with Crippen LogP contribution in [0.25, 0.3) is 6.08 Å². The topological polar surface area (TPSA) is 110 Å². The van der Waals surface area contributed by atoms with E-state index in [0.717, 1.165) is 36.4 Å². The highest BCUT2D eigenvalue weighted by molar-refractivity contribution is 6.07. The Morgan fingerprint density at radius 1 is 1.03 bits per heavy atom. The van der Waals surface area contributed by atoms with Crippen LogP contribution in [0.15, 0.2) is 30.3 Å². The molecule has 3 heterocycles. The van der Waals surface area contributed by atoms with E-state index >= 15 is 0 Å². The number of piperazine rings is 1. The minimum Gasteiger partial charge on any atom is -0.480 e. The van der Waals surface area contributed by atoms with E-state index in [1.165, 1.54) is 16.5 Å². The SMILES string of the molecule is CC(C)c1ccc(/C=C/C(=O)N2CCN(C(=O)N3C(=O)[C@H](CC4CCNCC4)[C@H]3C(=O)O)CC2)cc1. The zero-order valence-electron chi connectivity index (χ0n) is 21.1. The van der Waals surface area contributed by atoms with Gasteiger partial charge in [-0.15, -0.1) is 0 Å². The molecule has 194 valence electrons. The number of piperidine rings is 1. The lowest BCUT2D eigenvalue weighted by Gasteiger charge is -2.47. The maximum atomic E-state index is 13.0. The predicted octanol–water partition coefficient (Wildman–Crippen LogP) is 2.39. The van der Waals surface area contributed by atoms with Gasteiger partial charge < -0.3 is 20.2 Å². The first kappa shape index (κ1) is 25.9. The molecule has 1 aromatic carbocycles. The summed E-state index contributed by atoms with van der Waals surface area (Å²) >= 11 is 0. The molecule has 36 heavy (non-hydrogen) atoms. The molecular weight excluding hydrogens is 460 g/mol. The molecule has 0 aromatic heterocycles. The second kappa shape index (κ2) is 11.2. The third-order valence-electron chi connectivity index (χ3n) is 7.60. The van der Waals surface area contributed by atoms with Crippen LogP contribution in [0.3, 0.4) is 0 Å². The second-order valence-corrected chi connectivity index (χ2v) is 10.3. The van der Waals surface area contributed by atoms with E-state index < -0.39 is 29.9 Å². The Kier molecular flexibility index (Phi) is 8.08. The molecular formula is C27H36N4O5. The summed E-state index contributed by atoms with van der Waals surface area (Å²) in [6, 6.07) is 6.40. The van der Waals surface area contributed by atoms with Crippen molar-refractivity contribution in [3.05, 3.63) is 41.5 Å². The zero-order valence-corrected chi connectivity index (χ0v) is 21.1. The van der Waals surface area contributed by atoms with Gasteiger partial charge in [0, 0.05) is 32.3 Å². The quantitative estimate of drug-likeness (QED) is 0.462. The summed E-state index contributed by atoms with van der Waals surface area (Å²) in [5.74, 6) is -1.56. The first-order chi connectivity index (χ1) is 17.3. The molecule has 9 nitrogen and oxygen atoms in total.